The average Bonchev–Trinajstić information content (AvgIpc) is 2.48. The van der Waals surface area contributed by atoms with Crippen LogP contribution in [0.15, 0.2) is 0 Å². The van der Waals surface area contributed by atoms with Crippen LogP contribution in [0.1, 0.15) is 19.3 Å². The largest absolute Gasteiger partial charge is 0.447 e. The van der Waals surface area contributed by atoms with Gasteiger partial charge in [0.15, 0.2) is 0 Å². The van der Waals surface area contributed by atoms with E-state index in [1.807, 2.05) is 4.90 Å². The third-order valence-corrected chi connectivity index (χ3v) is 3.00. The molecule has 1 amide bonds. The van der Waals surface area contributed by atoms with Gasteiger partial charge < -0.3 is 14.7 Å². The molecule has 4 heteroatoms. The second-order valence-corrected chi connectivity index (χ2v) is 3.83. The van der Waals surface area contributed by atoms with Gasteiger partial charge in [-0.3, -0.25) is 0 Å². The Morgan fingerprint density at radius 1 is 1.62 bits per heavy atom. The molecule has 74 valence electrons. The fourth-order valence-corrected chi connectivity index (χ4v) is 2.23. The molecular formula is C9H15NO3. The zero-order valence-electron chi connectivity index (χ0n) is 7.61. The minimum atomic E-state index is -0.160. The van der Waals surface area contributed by atoms with Crippen LogP contribution in [0, 0.1) is 5.92 Å². The Hall–Kier alpha value is -0.770. The number of aliphatic hydroxyl groups is 1. The van der Waals surface area contributed by atoms with Crippen LogP contribution in [0.3, 0.4) is 0 Å². The van der Waals surface area contributed by atoms with Crippen molar-refractivity contribution in [2.75, 3.05) is 19.8 Å². The zero-order valence-corrected chi connectivity index (χ0v) is 7.61. The Morgan fingerprint density at radius 3 is 3.23 bits per heavy atom. The predicted octanol–water partition coefficient (Wildman–Crippen LogP) is 0.600. The summed E-state index contributed by atoms with van der Waals surface area (Å²) in [5.41, 5.74) is 0. The molecule has 0 aliphatic carbocycles. The summed E-state index contributed by atoms with van der Waals surface area (Å²) >= 11 is 0. The third-order valence-electron chi connectivity index (χ3n) is 3.00. The molecule has 2 aliphatic heterocycles. The molecule has 2 saturated heterocycles. The van der Waals surface area contributed by atoms with E-state index < -0.39 is 0 Å². The molecule has 2 aliphatic rings. The van der Waals surface area contributed by atoms with Crippen LogP contribution in [-0.2, 0) is 4.74 Å². The molecule has 0 aromatic rings. The summed E-state index contributed by atoms with van der Waals surface area (Å²) in [6.07, 6.45) is 2.70. The molecular weight excluding hydrogens is 170 g/mol. The van der Waals surface area contributed by atoms with Gasteiger partial charge in [0, 0.05) is 13.2 Å². The van der Waals surface area contributed by atoms with Crippen molar-refractivity contribution < 1.29 is 14.6 Å². The van der Waals surface area contributed by atoms with Gasteiger partial charge in [-0.05, 0) is 25.2 Å². The molecule has 0 spiro atoms. The summed E-state index contributed by atoms with van der Waals surface area (Å²) in [5, 5.41) is 8.80. The molecule has 13 heavy (non-hydrogen) atoms. The fraction of sp³-hybridized carbons (Fsp3) is 0.889. The highest BCUT2D eigenvalue weighted by Crippen LogP contribution is 2.29. The van der Waals surface area contributed by atoms with Crippen molar-refractivity contribution in [3.05, 3.63) is 0 Å². The number of piperidine rings is 1. The van der Waals surface area contributed by atoms with Crippen molar-refractivity contribution in [1.82, 2.24) is 4.90 Å². The first-order valence-corrected chi connectivity index (χ1v) is 4.85. The standard InChI is InChI=1S/C9H15NO3/c11-4-2-7-1-3-10-8(5-7)6-13-9(10)12/h7-8,11H,1-6H2/t7?,8-/m1/s1. The van der Waals surface area contributed by atoms with Gasteiger partial charge in [0.2, 0.25) is 0 Å². The predicted molar refractivity (Wildman–Crippen MR) is 46.3 cm³/mol. The molecule has 2 atom stereocenters. The number of rotatable bonds is 2. The van der Waals surface area contributed by atoms with E-state index in [2.05, 4.69) is 0 Å². The van der Waals surface area contributed by atoms with Crippen molar-refractivity contribution in [2.45, 2.75) is 25.3 Å². The Labute approximate surface area is 77.5 Å². The quantitative estimate of drug-likeness (QED) is 0.685. The highest BCUT2D eigenvalue weighted by atomic mass is 16.6. The summed E-state index contributed by atoms with van der Waals surface area (Å²) in [6.45, 7) is 1.60. The van der Waals surface area contributed by atoms with Gasteiger partial charge in [-0.2, -0.15) is 0 Å². The normalized spacial score (nSPS) is 33.0. The molecule has 1 N–H and O–H groups in total. The van der Waals surface area contributed by atoms with Crippen molar-refractivity contribution in [2.24, 2.45) is 5.92 Å². The molecule has 0 aromatic heterocycles. The van der Waals surface area contributed by atoms with Gasteiger partial charge in [0.1, 0.15) is 6.61 Å². The smallest absolute Gasteiger partial charge is 0.410 e. The van der Waals surface area contributed by atoms with Crippen molar-refractivity contribution in [3.63, 3.8) is 0 Å². The molecule has 0 saturated carbocycles. The number of fused-ring (bicyclic) bond motifs is 1. The van der Waals surface area contributed by atoms with Gasteiger partial charge in [0.25, 0.3) is 0 Å². The van der Waals surface area contributed by atoms with E-state index >= 15 is 0 Å². The summed E-state index contributed by atoms with van der Waals surface area (Å²) in [5.74, 6) is 0.570. The molecule has 4 nitrogen and oxygen atoms in total. The topological polar surface area (TPSA) is 49.8 Å². The summed E-state index contributed by atoms with van der Waals surface area (Å²) < 4.78 is 4.95. The highest BCUT2D eigenvalue weighted by Gasteiger charge is 2.37. The van der Waals surface area contributed by atoms with Crippen LogP contribution in [0.4, 0.5) is 4.79 Å². The molecule has 2 heterocycles. The maximum atomic E-state index is 11.1. The van der Waals surface area contributed by atoms with Crippen molar-refractivity contribution in [3.8, 4) is 0 Å². The summed E-state index contributed by atoms with van der Waals surface area (Å²) in [4.78, 5) is 12.9. The number of nitrogens with zero attached hydrogens (tertiary/aromatic N) is 1. The van der Waals surface area contributed by atoms with Crippen molar-refractivity contribution >= 4 is 6.09 Å². The lowest BCUT2D eigenvalue weighted by Gasteiger charge is -2.31. The number of aliphatic hydroxyl groups excluding tert-OH is 1. The number of hydrogen-bond acceptors (Lipinski definition) is 3. The maximum absolute atomic E-state index is 11.1. The third kappa shape index (κ3) is 1.63. The monoisotopic (exact) mass is 185 g/mol. The van der Waals surface area contributed by atoms with Crippen LogP contribution in [0.25, 0.3) is 0 Å². The number of amides is 1. The van der Waals surface area contributed by atoms with E-state index in [0.29, 0.717) is 12.5 Å². The van der Waals surface area contributed by atoms with E-state index in [1.165, 1.54) is 0 Å². The molecule has 0 radical (unpaired) electrons. The number of carbonyl (C=O) groups is 1. The minimum absolute atomic E-state index is 0.160. The van der Waals surface area contributed by atoms with Gasteiger partial charge in [0.05, 0.1) is 6.04 Å². The van der Waals surface area contributed by atoms with Crippen LogP contribution in [0.2, 0.25) is 0 Å². The first-order chi connectivity index (χ1) is 6.31. The summed E-state index contributed by atoms with van der Waals surface area (Å²) in [6, 6.07) is 0.276. The van der Waals surface area contributed by atoms with Crippen LogP contribution in [-0.4, -0.2) is 41.9 Å². The lowest BCUT2D eigenvalue weighted by molar-refractivity contribution is 0.138. The number of carbonyl (C=O) groups excluding carboxylic acids is 1. The van der Waals surface area contributed by atoms with Gasteiger partial charge in [-0.1, -0.05) is 0 Å². The molecule has 0 aromatic carbocycles. The highest BCUT2D eigenvalue weighted by molar-refractivity contribution is 5.70. The van der Waals surface area contributed by atoms with Crippen LogP contribution in [0.5, 0.6) is 0 Å². The molecule has 2 rings (SSSR count). The first kappa shape index (κ1) is 8.81. The molecule has 2 fully saturated rings. The van der Waals surface area contributed by atoms with E-state index in [0.717, 1.165) is 25.8 Å². The maximum Gasteiger partial charge on any atom is 0.410 e. The van der Waals surface area contributed by atoms with Crippen LogP contribution < -0.4 is 0 Å². The Bertz CT molecular complexity index is 207. The SMILES string of the molecule is O=C1OC[C@H]2CC(CCO)CCN12. The zero-order chi connectivity index (χ0) is 9.26. The van der Waals surface area contributed by atoms with E-state index in [1.54, 1.807) is 0 Å². The van der Waals surface area contributed by atoms with E-state index in [9.17, 15) is 4.79 Å². The van der Waals surface area contributed by atoms with E-state index in [-0.39, 0.29) is 18.7 Å². The van der Waals surface area contributed by atoms with Gasteiger partial charge >= 0.3 is 6.09 Å². The average molecular weight is 185 g/mol. The Morgan fingerprint density at radius 2 is 2.46 bits per heavy atom. The van der Waals surface area contributed by atoms with E-state index in [4.69, 9.17) is 9.84 Å². The molecule has 1 unspecified atom stereocenters. The number of ether oxygens (including phenoxy) is 1. The number of cyclic esters (lactones) is 1. The first-order valence-electron chi connectivity index (χ1n) is 4.85. The number of hydrogen-bond donors (Lipinski definition) is 1. The van der Waals surface area contributed by atoms with Gasteiger partial charge in [-0.15, -0.1) is 0 Å². The minimum Gasteiger partial charge on any atom is -0.447 e. The Kier molecular flexibility index (Phi) is 2.40. The molecule has 0 bridgehead atoms. The second kappa shape index (κ2) is 3.54. The van der Waals surface area contributed by atoms with Crippen molar-refractivity contribution in [1.29, 1.82) is 0 Å². The lowest BCUT2D eigenvalue weighted by Crippen LogP contribution is -2.41. The fourth-order valence-electron chi connectivity index (χ4n) is 2.23. The van der Waals surface area contributed by atoms with Crippen LogP contribution >= 0.6 is 0 Å². The Balaban J connectivity index is 1.91. The lowest BCUT2D eigenvalue weighted by atomic mass is 9.89. The van der Waals surface area contributed by atoms with Gasteiger partial charge in [-0.25, -0.2) is 4.79 Å². The summed E-state index contributed by atoms with van der Waals surface area (Å²) in [7, 11) is 0. The second-order valence-electron chi connectivity index (χ2n) is 3.83.